The SMILES string of the molecule is NC(C1CCCCC1)C1CCC(=O)CC1. The average Bonchev–Trinajstić information content (AvgIpc) is 2.30. The van der Waals surface area contributed by atoms with Crippen LogP contribution in [0, 0.1) is 11.8 Å². The summed E-state index contributed by atoms with van der Waals surface area (Å²) in [6, 6.07) is 0.374. The molecule has 15 heavy (non-hydrogen) atoms. The second kappa shape index (κ2) is 5.11. The van der Waals surface area contributed by atoms with Crippen molar-refractivity contribution in [2.24, 2.45) is 17.6 Å². The van der Waals surface area contributed by atoms with Gasteiger partial charge in [-0.05, 0) is 37.5 Å². The van der Waals surface area contributed by atoms with Crippen molar-refractivity contribution in [1.29, 1.82) is 0 Å². The molecular formula is C13H23NO. The molecule has 2 nitrogen and oxygen atoms in total. The zero-order valence-electron chi connectivity index (χ0n) is 9.58. The number of carbonyl (C=O) groups is 1. The number of carbonyl (C=O) groups excluding carboxylic acids is 1. The standard InChI is InChI=1S/C13H23NO/c14-13(10-4-2-1-3-5-10)11-6-8-12(15)9-7-11/h10-11,13H,1-9,14H2. The van der Waals surface area contributed by atoms with E-state index in [1.807, 2.05) is 0 Å². The zero-order valence-corrected chi connectivity index (χ0v) is 9.58. The van der Waals surface area contributed by atoms with Crippen molar-refractivity contribution in [3.63, 3.8) is 0 Å². The highest BCUT2D eigenvalue weighted by molar-refractivity contribution is 5.79. The number of ketones is 1. The molecule has 0 saturated heterocycles. The smallest absolute Gasteiger partial charge is 0.132 e. The highest BCUT2D eigenvalue weighted by atomic mass is 16.1. The predicted molar refractivity (Wildman–Crippen MR) is 61.5 cm³/mol. The van der Waals surface area contributed by atoms with Crippen LogP contribution in [-0.2, 0) is 4.79 Å². The van der Waals surface area contributed by atoms with Crippen LogP contribution in [0.1, 0.15) is 57.8 Å². The summed E-state index contributed by atoms with van der Waals surface area (Å²) in [5.41, 5.74) is 6.36. The minimum Gasteiger partial charge on any atom is -0.327 e. The number of hydrogen-bond acceptors (Lipinski definition) is 2. The van der Waals surface area contributed by atoms with Gasteiger partial charge in [-0.1, -0.05) is 19.3 Å². The first-order valence-electron chi connectivity index (χ1n) is 6.54. The molecule has 0 aliphatic heterocycles. The van der Waals surface area contributed by atoms with Crippen LogP contribution in [0.15, 0.2) is 0 Å². The molecule has 0 aromatic heterocycles. The van der Waals surface area contributed by atoms with Gasteiger partial charge in [0.05, 0.1) is 0 Å². The Hall–Kier alpha value is -0.370. The third-order valence-electron chi connectivity index (χ3n) is 4.33. The van der Waals surface area contributed by atoms with Crippen molar-refractivity contribution in [2.45, 2.75) is 63.8 Å². The summed E-state index contributed by atoms with van der Waals surface area (Å²) < 4.78 is 0. The van der Waals surface area contributed by atoms with Crippen LogP contribution >= 0.6 is 0 Å². The van der Waals surface area contributed by atoms with E-state index in [-0.39, 0.29) is 0 Å². The number of rotatable bonds is 2. The normalized spacial score (nSPS) is 27.9. The highest BCUT2D eigenvalue weighted by Crippen LogP contribution is 2.33. The van der Waals surface area contributed by atoms with Gasteiger partial charge in [0.15, 0.2) is 0 Å². The van der Waals surface area contributed by atoms with Gasteiger partial charge in [0.25, 0.3) is 0 Å². The van der Waals surface area contributed by atoms with Crippen molar-refractivity contribution in [2.75, 3.05) is 0 Å². The number of hydrogen-bond donors (Lipinski definition) is 1. The second-order valence-corrected chi connectivity index (χ2v) is 5.35. The first-order valence-corrected chi connectivity index (χ1v) is 6.54. The van der Waals surface area contributed by atoms with Crippen LogP contribution in [0.4, 0.5) is 0 Å². The Morgan fingerprint density at radius 1 is 0.933 bits per heavy atom. The molecule has 0 heterocycles. The number of nitrogens with two attached hydrogens (primary N) is 1. The van der Waals surface area contributed by atoms with Crippen molar-refractivity contribution in [3.8, 4) is 0 Å². The van der Waals surface area contributed by atoms with Crippen molar-refractivity contribution in [1.82, 2.24) is 0 Å². The Morgan fingerprint density at radius 3 is 2.07 bits per heavy atom. The molecule has 0 bridgehead atoms. The minimum atomic E-state index is 0.374. The Morgan fingerprint density at radius 2 is 1.47 bits per heavy atom. The molecule has 2 heteroatoms. The molecule has 1 unspecified atom stereocenters. The van der Waals surface area contributed by atoms with E-state index < -0.39 is 0 Å². The summed E-state index contributed by atoms with van der Waals surface area (Å²) in [4.78, 5) is 11.2. The summed E-state index contributed by atoms with van der Waals surface area (Å²) in [7, 11) is 0. The van der Waals surface area contributed by atoms with Gasteiger partial charge in [0.2, 0.25) is 0 Å². The topological polar surface area (TPSA) is 43.1 Å². The maximum Gasteiger partial charge on any atom is 0.132 e. The molecule has 2 fully saturated rings. The number of Topliss-reactive ketones (excluding diaryl/α,β-unsaturated/α-hetero) is 1. The van der Waals surface area contributed by atoms with Crippen LogP contribution in [0.5, 0.6) is 0 Å². The van der Waals surface area contributed by atoms with Gasteiger partial charge in [-0.25, -0.2) is 0 Å². The molecule has 0 amide bonds. The first-order chi connectivity index (χ1) is 7.27. The van der Waals surface area contributed by atoms with Crippen molar-refractivity contribution < 1.29 is 4.79 Å². The van der Waals surface area contributed by atoms with Crippen LogP contribution in [0.3, 0.4) is 0 Å². The van der Waals surface area contributed by atoms with Gasteiger partial charge >= 0.3 is 0 Å². The summed E-state index contributed by atoms with van der Waals surface area (Å²) in [5.74, 6) is 1.82. The highest BCUT2D eigenvalue weighted by Gasteiger charge is 2.30. The van der Waals surface area contributed by atoms with Gasteiger partial charge in [-0.3, -0.25) is 4.79 Å². The Bertz CT molecular complexity index is 211. The first kappa shape index (κ1) is 11.1. The van der Waals surface area contributed by atoms with Crippen molar-refractivity contribution in [3.05, 3.63) is 0 Å². The molecule has 2 aliphatic rings. The average molecular weight is 209 g/mol. The molecule has 2 saturated carbocycles. The Balaban J connectivity index is 1.83. The van der Waals surface area contributed by atoms with Crippen LogP contribution in [0.25, 0.3) is 0 Å². The summed E-state index contributed by atoms with van der Waals surface area (Å²) in [6.45, 7) is 0. The maximum atomic E-state index is 11.2. The van der Waals surface area contributed by atoms with E-state index in [2.05, 4.69) is 0 Å². The van der Waals surface area contributed by atoms with Gasteiger partial charge in [0.1, 0.15) is 5.78 Å². The lowest BCUT2D eigenvalue weighted by atomic mass is 9.74. The maximum absolute atomic E-state index is 11.2. The predicted octanol–water partition coefficient (Wildman–Crippen LogP) is 2.65. The molecule has 0 radical (unpaired) electrons. The minimum absolute atomic E-state index is 0.374. The fourth-order valence-electron chi connectivity index (χ4n) is 3.25. The largest absolute Gasteiger partial charge is 0.327 e. The monoisotopic (exact) mass is 209 g/mol. The van der Waals surface area contributed by atoms with E-state index >= 15 is 0 Å². The lowest BCUT2D eigenvalue weighted by Crippen LogP contribution is -2.40. The quantitative estimate of drug-likeness (QED) is 0.759. The van der Waals surface area contributed by atoms with Gasteiger partial charge in [0, 0.05) is 18.9 Å². The Labute approximate surface area is 92.6 Å². The molecule has 0 aromatic rings. The van der Waals surface area contributed by atoms with E-state index in [4.69, 9.17) is 5.73 Å². The van der Waals surface area contributed by atoms with E-state index in [0.29, 0.717) is 17.7 Å². The molecule has 2 rings (SSSR count). The third kappa shape index (κ3) is 2.81. The van der Waals surface area contributed by atoms with Gasteiger partial charge < -0.3 is 5.73 Å². The summed E-state index contributed by atoms with van der Waals surface area (Å²) in [6.07, 6.45) is 10.4. The third-order valence-corrected chi connectivity index (χ3v) is 4.33. The molecule has 1 atom stereocenters. The molecule has 2 aliphatic carbocycles. The summed E-state index contributed by atoms with van der Waals surface area (Å²) >= 11 is 0. The lowest BCUT2D eigenvalue weighted by molar-refractivity contribution is -0.121. The fourth-order valence-corrected chi connectivity index (χ4v) is 3.25. The molecule has 0 spiro atoms. The Kier molecular flexibility index (Phi) is 3.79. The van der Waals surface area contributed by atoms with Gasteiger partial charge in [-0.15, -0.1) is 0 Å². The van der Waals surface area contributed by atoms with Crippen molar-refractivity contribution >= 4 is 5.78 Å². The molecule has 86 valence electrons. The van der Waals surface area contributed by atoms with Gasteiger partial charge in [-0.2, -0.15) is 0 Å². The lowest BCUT2D eigenvalue weighted by Gasteiger charge is -2.34. The fraction of sp³-hybridized carbons (Fsp3) is 0.923. The van der Waals surface area contributed by atoms with E-state index in [9.17, 15) is 4.79 Å². The molecular weight excluding hydrogens is 186 g/mol. The summed E-state index contributed by atoms with van der Waals surface area (Å²) in [5, 5.41) is 0. The second-order valence-electron chi connectivity index (χ2n) is 5.35. The van der Waals surface area contributed by atoms with Crippen LogP contribution < -0.4 is 5.73 Å². The van der Waals surface area contributed by atoms with E-state index in [0.717, 1.165) is 31.6 Å². The van der Waals surface area contributed by atoms with E-state index in [1.54, 1.807) is 0 Å². The molecule has 2 N–H and O–H groups in total. The van der Waals surface area contributed by atoms with E-state index in [1.165, 1.54) is 32.1 Å². The molecule has 0 aromatic carbocycles. The zero-order chi connectivity index (χ0) is 10.7. The van der Waals surface area contributed by atoms with Crippen LogP contribution in [0.2, 0.25) is 0 Å². The van der Waals surface area contributed by atoms with Crippen LogP contribution in [-0.4, -0.2) is 11.8 Å².